The normalized spacial score (nSPS) is 22.9. The van der Waals surface area contributed by atoms with Crippen molar-refractivity contribution < 1.29 is 19.1 Å². The van der Waals surface area contributed by atoms with Crippen LogP contribution in [0.25, 0.3) is 6.08 Å². The largest absolute Gasteiger partial charge is 0.497 e. The number of carbonyl (C=O) groups is 3. The number of ether oxygens (including phenoxy) is 1. The van der Waals surface area contributed by atoms with Crippen LogP contribution in [-0.4, -0.2) is 36.5 Å². The summed E-state index contributed by atoms with van der Waals surface area (Å²) in [6.45, 7) is 5.69. The van der Waals surface area contributed by atoms with Crippen LogP contribution in [0.4, 0.5) is 5.69 Å². The number of hydrogen-bond donors (Lipinski definition) is 0. The van der Waals surface area contributed by atoms with Crippen LogP contribution in [0.3, 0.4) is 0 Å². The standard InChI is InChI=1S/C32H28BrNO4/c1-31(2,3)30(37)27-26(19-8-7-9-21(17-19)38-4)32(28(35)22-10-5-6-11-23(22)29(32)36)25-15-12-18-16-20(33)13-14-24(18)34(25)27/h5-17,25-27H,1-4H3/t25-,26-,27-/m1/s1. The smallest absolute Gasteiger partial charge is 0.180 e. The molecule has 38 heavy (non-hydrogen) atoms. The van der Waals surface area contributed by atoms with Crippen molar-refractivity contribution in [1.82, 2.24) is 0 Å². The van der Waals surface area contributed by atoms with Crippen molar-refractivity contribution in [2.75, 3.05) is 12.0 Å². The minimum absolute atomic E-state index is 0.0204. The van der Waals surface area contributed by atoms with Gasteiger partial charge in [-0.15, -0.1) is 0 Å². The molecule has 1 saturated heterocycles. The minimum atomic E-state index is -1.50. The quantitative estimate of drug-likeness (QED) is 0.336. The van der Waals surface area contributed by atoms with Crippen LogP contribution in [0.2, 0.25) is 0 Å². The second-order valence-corrected chi connectivity index (χ2v) is 12.2. The van der Waals surface area contributed by atoms with Crippen LogP contribution in [0.5, 0.6) is 5.75 Å². The minimum Gasteiger partial charge on any atom is -0.497 e. The highest BCUT2D eigenvalue weighted by Gasteiger charge is 2.71. The molecule has 0 radical (unpaired) electrons. The van der Waals surface area contributed by atoms with Gasteiger partial charge < -0.3 is 9.64 Å². The lowest BCUT2D eigenvalue weighted by molar-refractivity contribution is -0.127. The molecule has 3 atom stereocenters. The van der Waals surface area contributed by atoms with Gasteiger partial charge in [0.15, 0.2) is 17.3 Å². The summed E-state index contributed by atoms with van der Waals surface area (Å²) in [6, 6.07) is 19.0. The fraction of sp³-hybridized carbons (Fsp3) is 0.281. The molecule has 0 amide bonds. The van der Waals surface area contributed by atoms with Gasteiger partial charge in [0.05, 0.1) is 19.2 Å². The Bertz CT molecular complexity index is 1510. The first-order valence-corrected chi connectivity index (χ1v) is 13.5. The molecule has 2 heterocycles. The Labute approximate surface area is 230 Å². The summed E-state index contributed by atoms with van der Waals surface area (Å²) in [7, 11) is 1.59. The molecule has 0 unspecified atom stereocenters. The van der Waals surface area contributed by atoms with E-state index in [1.54, 1.807) is 31.4 Å². The number of halogens is 1. The lowest BCUT2D eigenvalue weighted by Gasteiger charge is -2.38. The summed E-state index contributed by atoms with van der Waals surface area (Å²) in [6.07, 6.45) is 3.92. The second kappa shape index (κ2) is 8.50. The van der Waals surface area contributed by atoms with E-state index in [1.165, 1.54) is 0 Å². The van der Waals surface area contributed by atoms with Gasteiger partial charge in [0.25, 0.3) is 0 Å². The van der Waals surface area contributed by atoms with E-state index in [9.17, 15) is 14.4 Å². The van der Waals surface area contributed by atoms with Crippen LogP contribution in [0, 0.1) is 10.8 Å². The molecule has 5 nitrogen and oxygen atoms in total. The van der Waals surface area contributed by atoms with Crippen LogP contribution in [-0.2, 0) is 4.79 Å². The molecule has 0 N–H and O–H groups in total. The molecule has 3 aromatic carbocycles. The summed E-state index contributed by atoms with van der Waals surface area (Å²) >= 11 is 3.56. The lowest BCUT2D eigenvalue weighted by atomic mass is 9.63. The van der Waals surface area contributed by atoms with Crippen molar-refractivity contribution in [1.29, 1.82) is 0 Å². The van der Waals surface area contributed by atoms with E-state index in [0.717, 1.165) is 21.3 Å². The number of fused-ring (bicyclic) bond motifs is 5. The number of ketones is 3. The first-order chi connectivity index (χ1) is 18.1. The highest BCUT2D eigenvalue weighted by molar-refractivity contribution is 9.10. The average Bonchev–Trinajstić information content (AvgIpc) is 3.33. The van der Waals surface area contributed by atoms with Crippen molar-refractivity contribution in [3.05, 3.63) is 99.5 Å². The molecule has 3 aliphatic rings. The third-order valence-electron chi connectivity index (χ3n) is 8.23. The molecule has 3 aromatic rings. The molecule has 0 aromatic heterocycles. The zero-order valence-corrected chi connectivity index (χ0v) is 23.3. The Hall–Kier alpha value is -3.51. The average molecular weight is 570 g/mol. The van der Waals surface area contributed by atoms with E-state index in [1.807, 2.05) is 80.3 Å². The Morgan fingerprint density at radius 2 is 1.63 bits per heavy atom. The molecule has 1 fully saturated rings. The molecule has 6 heteroatoms. The van der Waals surface area contributed by atoms with Gasteiger partial charge in [-0.2, -0.15) is 0 Å². The predicted molar refractivity (Wildman–Crippen MR) is 151 cm³/mol. The summed E-state index contributed by atoms with van der Waals surface area (Å²) in [5, 5.41) is 0. The summed E-state index contributed by atoms with van der Waals surface area (Å²) in [4.78, 5) is 45.6. The fourth-order valence-electron chi connectivity index (χ4n) is 6.60. The van der Waals surface area contributed by atoms with Crippen molar-refractivity contribution in [2.24, 2.45) is 10.8 Å². The number of nitrogens with zero attached hydrogens (tertiary/aromatic N) is 1. The van der Waals surface area contributed by atoms with Crippen molar-refractivity contribution >= 4 is 45.0 Å². The van der Waals surface area contributed by atoms with Gasteiger partial charge in [0.2, 0.25) is 0 Å². The number of anilines is 1. The molecular weight excluding hydrogens is 542 g/mol. The highest BCUT2D eigenvalue weighted by Crippen LogP contribution is 2.61. The van der Waals surface area contributed by atoms with E-state index >= 15 is 0 Å². The van der Waals surface area contributed by atoms with Crippen LogP contribution >= 0.6 is 15.9 Å². The van der Waals surface area contributed by atoms with Gasteiger partial charge >= 0.3 is 0 Å². The van der Waals surface area contributed by atoms with Gasteiger partial charge in [0.1, 0.15) is 11.2 Å². The second-order valence-electron chi connectivity index (χ2n) is 11.3. The summed E-state index contributed by atoms with van der Waals surface area (Å²) < 4.78 is 6.46. The molecule has 1 aliphatic carbocycles. The SMILES string of the molecule is COc1cccc([C@@H]2[C@H](C(=O)C(C)(C)C)N3c4ccc(Br)cc4C=C[C@@H]3C23C(=O)c2ccccc2C3=O)c1. The summed E-state index contributed by atoms with van der Waals surface area (Å²) in [5.41, 5.74) is 1.13. The van der Waals surface area contributed by atoms with Crippen molar-refractivity contribution in [2.45, 2.75) is 38.8 Å². The van der Waals surface area contributed by atoms with E-state index in [2.05, 4.69) is 15.9 Å². The molecule has 2 aliphatic heterocycles. The predicted octanol–water partition coefficient (Wildman–Crippen LogP) is 6.51. The molecule has 1 spiro atoms. The Morgan fingerprint density at radius 1 is 0.947 bits per heavy atom. The van der Waals surface area contributed by atoms with Gasteiger partial charge in [-0.1, -0.05) is 85.3 Å². The maximum Gasteiger partial charge on any atom is 0.180 e. The van der Waals surface area contributed by atoms with Crippen molar-refractivity contribution in [3.63, 3.8) is 0 Å². The number of hydrogen-bond acceptors (Lipinski definition) is 5. The monoisotopic (exact) mass is 569 g/mol. The Kier molecular flexibility index (Phi) is 5.55. The first-order valence-electron chi connectivity index (χ1n) is 12.7. The fourth-order valence-corrected chi connectivity index (χ4v) is 6.98. The zero-order valence-electron chi connectivity index (χ0n) is 21.7. The highest BCUT2D eigenvalue weighted by atomic mass is 79.9. The number of benzene rings is 3. The molecule has 192 valence electrons. The number of methoxy groups -OCH3 is 1. The van der Waals surface area contributed by atoms with E-state index in [-0.39, 0.29) is 17.3 Å². The summed E-state index contributed by atoms with van der Waals surface area (Å²) in [5.74, 6) is -0.584. The van der Waals surface area contributed by atoms with E-state index < -0.39 is 28.8 Å². The molecular formula is C32H28BrNO4. The van der Waals surface area contributed by atoms with E-state index in [4.69, 9.17) is 4.74 Å². The third kappa shape index (κ3) is 3.25. The van der Waals surface area contributed by atoms with Crippen molar-refractivity contribution in [3.8, 4) is 5.75 Å². The van der Waals surface area contributed by atoms with Gasteiger partial charge in [-0.3, -0.25) is 14.4 Å². The molecule has 0 saturated carbocycles. The van der Waals surface area contributed by atoms with Crippen LogP contribution < -0.4 is 9.64 Å². The number of carbonyl (C=O) groups excluding carboxylic acids is 3. The topological polar surface area (TPSA) is 63.7 Å². The van der Waals surface area contributed by atoms with Gasteiger partial charge in [0, 0.05) is 32.6 Å². The van der Waals surface area contributed by atoms with E-state index in [0.29, 0.717) is 16.9 Å². The van der Waals surface area contributed by atoms with Crippen LogP contribution in [0.15, 0.2) is 77.3 Å². The molecule has 0 bridgehead atoms. The van der Waals surface area contributed by atoms with Gasteiger partial charge in [-0.05, 0) is 41.5 Å². The van der Waals surface area contributed by atoms with Crippen LogP contribution in [0.1, 0.15) is 58.5 Å². The molecule has 6 rings (SSSR count). The Morgan fingerprint density at radius 3 is 2.26 bits per heavy atom. The van der Waals surface area contributed by atoms with Gasteiger partial charge in [-0.25, -0.2) is 0 Å². The lowest BCUT2D eigenvalue weighted by Crippen LogP contribution is -2.49. The Balaban J connectivity index is 1.70. The zero-order chi connectivity index (χ0) is 27.0. The number of rotatable bonds is 3. The maximum absolute atomic E-state index is 14.6. The first kappa shape index (κ1) is 24.8. The third-order valence-corrected chi connectivity index (χ3v) is 8.72. The number of Topliss-reactive ketones (excluding diaryl/α,β-unsaturated/α-hetero) is 3. The maximum atomic E-state index is 14.6.